The largest absolute Gasteiger partial charge is 0.320 e. The van der Waals surface area contributed by atoms with Crippen LogP contribution in [0.1, 0.15) is 11.1 Å². The molecule has 2 amide bonds. The van der Waals surface area contributed by atoms with Gasteiger partial charge in [-0.25, -0.2) is 4.79 Å². The standard InChI is InChI=1S/C19H22N4O/c24-19-22(13-17-7-4-8-20-11-17)15-18-14-21(9-10-23(18)19)12-16-5-2-1-3-6-16/h1-8,11,18H,9-10,12-15H2/t18-/m1/s1. The van der Waals surface area contributed by atoms with Crippen LogP contribution >= 0.6 is 0 Å². The second-order valence-electron chi connectivity index (χ2n) is 6.59. The third kappa shape index (κ3) is 3.12. The number of carbonyl (C=O) groups excluding carboxylic acids is 1. The van der Waals surface area contributed by atoms with Crippen LogP contribution < -0.4 is 0 Å². The molecule has 124 valence electrons. The van der Waals surface area contributed by atoms with Crippen molar-refractivity contribution in [2.24, 2.45) is 0 Å². The predicted octanol–water partition coefficient (Wildman–Crippen LogP) is 2.20. The Hall–Kier alpha value is -2.40. The van der Waals surface area contributed by atoms with E-state index in [1.54, 1.807) is 6.20 Å². The zero-order valence-corrected chi connectivity index (χ0v) is 13.7. The van der Waals surface area contributed by atoms with Crippen LogP contribution in [0.3, 0.4) is 0 Å². The van der Waals surface area contributed by atoms with E-state index in [1.165, 1.54) is 5.56 Å². The van der Waals surface area contributed by atoms with Crippen molar-refractivity contribution in [3.05, 3.63) is 66.0 Å². The molecule has 0 saturated carbocycles. The highest BCUT2D eigenvalue weighted by atomic mass is 16.2. The summed E-state index contributed by atoms with van der Waals surface area (Å²) in [7, 11) is 0. The molecule has 2 saturated heterocycles. The number of urea groups is 1. The van der Waals surface area contributed by atoms with Gasteiger partial charge in [0.15, 0.2) is 0 Å². The Morgan fingerprint density at radius 3 is 2.58 bits per heavy atom. The number of pyridine rings is 1. The van der Waals surface area contributed by atoms with Crippen molar-refractivity contribution < 1.29 is 4.79 Å². The quantitative estimate of drug-likeness (QED) is 0.866. The lowest BCUT2D eigenvalue weighted by molar-refractivity contribution is 0.116. The summed E-state index contributed by atoms with van der Waals surface area (Å²) in [6, 6.07) is 15.0. The average Bonchev–Trinajstić information content (AvgIpc) is 2.92. The van der Waals surface area contributed by atoms with Crippen molar-refractivity contribution in [1.29, 1.82) is 0 Å². The van der Waals surface area contributed by atoms with Crippen LogP contribution in [0, 0.1) is 0 Å². The number of amides is 2. The SMILES string of the molecule is O=C1N(Cc2cccnc2)C[C@H]2CN(Cc3ccccc3)CCN12. The fraction of sp³-hybridized carbons (Fsp3) is 0.368. The predicted molar refractivity (Wildman–Crippen MR) is 92.3 cm³/mol. The van der Waals surface area contributed by atoms with Gasteiger partial charge in [-0.1, -0.05) is 36.4 Å². The number of hydrogen-bond acceptors (Lipinski definition) is 3. The molecule has 1 atom stereocenters. The van der Waals surface area contributed by atoms with Gasteiger partial charge in [-0.15, -0.1) is 0 Å². The van der Waals surface area contributed by atoms with Gasteiger partial charge in [0.1, 0.15) is 0 Å². The number of piperazine rings is 1. The first-order valence-electron chi connectivity index (χ1n) is 8.50. The van der Waals surface area contributed by atoms with Crippen molar-refractivity contribution in [3.8, 4) is 0 Å². The molecule has 2 aliphatic heterocycles. The molecule has 5 nitrogen and oxygen atoms in total. The van der Waals surface area contributed by atoms with E-state index in [9.17, 15) is 4.79 Å². The average molecular weight is 322 g/mol. The van der Waals surface area contributed by atoms with Crippen LogP contribution in [-0.2, 0) is 13.1 Å². The Morgan fingerprint density at radius 1 is 0.958 bits per heavy atom. The molecule has 4 rings (SSSR count). The molecule has 0 aliphatic carbocycles. The summed E-state index contributed by atoms with van der Waals surface area (Å²) in [6.45, 7) is 5.13. The second-order valence-corrected chi connectivity index (χ2v) is 6.59. The lowest BCUT2D eigenvalue weighted by atomic mass is 10.1. The first-order valence-corrected chi connectivity index (χ1v) is 8.50. The molecule has 5 heteroatoms. The summed E-state index contributed by atoms with van der Waals surface area (Å²) in [5, 5.41) is 0. The lowest BCUT2D eigenvalue weighted by Crippen LogP contribution is -2.51. The van der Waals surface area contributed by atoms with Crippen LogP contribution in [-0.4, -0.2) is 57.9 Å². The van der Waals surface area contributed by atoms with Crippen LogP contribution in [0.5, 0.6) is 0 Å². The third-order valence-corrected chi connectivity index (χ3v) is 4.86. The normalized spacial score (nSPS) is 21.2. The first-order chi connectivity index (χ1) is 11.8. The molecule has 24 heavy (non-hydrogen) atoms. The van der Waals surface area contributed by atoms with E-state index >= 15 is 0 Å². The Morgan fingerprint density at radius 2 is 1.79 bits per heavy atom. The van der Waals surface area contributed by atoms with Crippen molar-refractivity contribution in [3.63, 3.8) is 0 Å². The number of carbonyl (C=O) groups is 1. The van der Waals surface area contributed by atoms with E-state index < -0.39 is 0 Å². The van der Waals surface area contributed by atoms with Crippen molar-refractivity contribution >= 4 is 6.03 Å². The summed E-state index contributed by atoms with van der Waals surface area (Å²) >= 11 is 0. The summed E-state index contributed by atoms with van der Waals surface area (Å²) in [5.74, 6) is 0. The van der Waals surface area contributed by atoms with Crippen molar-refractivity contribution in [2.75, 3.05) is 26.2 Å². The van der Waals surface area contributed by atoms with Gasteiger partial charge in [0.25, 0.3) is 0 Å². The van der Waals surface area contributed by atoms with Crippen molar-refractivity contribution in [1.82, 2.24) is 19.7 Å². The maximum absolute atomic E-state index is 12.6. The highest BCUT2D eigenvalue weighted by molar-refractivity contribution is 5.77. The van der Waals surface area contributed by atoms with E-state index in [4.69, 9.17) is 0 Å². The molecule has 0 unspecified atom stereocenters. The van der Waals surface area contributed by atoms with Gasteiger partial charge in [-0.2, -0.15) is 0 Å². The molecule has 2 aliphatic rings. The summed E-state index contributed by atoms with van der Waals surface area (Å²) in [4.78, 5) is 23.2. The molecule has 2 aromatic rings. The van der Waals surface area contributed by atoms with Gasteiger partial charge in [0.05, 0.1) is 6.04 Å². The molecule has 0 bridgehead atoms. The van der Waals surface area contributed by atoms with Gasteiger partial charge >= 0.3 is 6.03 Å². The minimum Gasteiger partial charge on any atom is -0.318 e. The Labute approximate surface area is 142 Å². The monoisotopic (exact) mass is 322 g/mol. The van der Waals surface area contributed by atoms with Crippen molar-refractivity contribution in [2.45, 2.75) is 19.1 Å². The molecule has 0 spiro atoms. The number of nitrogens with zero attached hydrogens (tertiary/aromatic N) is 4. The summed E-state index contributed by atoms with van der Waals surface area (Å²) in [5.41, 5.74) is 2.43. The zero-order chi connectivity index (χ0) is 16.4. The van der Waals surface area contributed by atoms with Gasteiger partial charge in [-0.3, -0.25) is 9.88 Å². The molecular weight excluding hydrogens is 300 g/mol. The molecule has 3 heterocycles. The molecule has 1 aromatic carbocycles. The fourth-order valence-corrected chi connectivity index (χ4v) is 3.67. The topological polar surface area (TPSA) is 39.7 Å². The van der Waals surface area contributed by atoms with Crippen LogP contribution in [0.25, 0.3) is 0 Å². The number of rotatable bonds is 4. The molecule has 1 aromatic heterocycles. The van der Waals surface area contributed by atoms with Gasteiger partial charge in [0.2, 0.25) is 0 Å². The van der Waals surface area contributed by atoms with E-state index in [-0.39, 0.29) is 6.03 Å². The maximum atomic E-state index is 12.6. The lowest BCUT2D eigenvalue weighted by Gasteiger charge is -2.36. The third-order valence-electron chi connectivity index (χ3n) is 4.86. The first kappa shape index (κ1) is 15.1. The zero-order valence-electron chi connectivity index (χ0n) is 13.7. The Kier molecular flexibility index (Phi) is 4.17. The van der Waals surface area contributed by atoms with Crippen LogP contribution in [0.4, 0.5) is 4.79 Å². The summed E-state index contributed by atoms with van der Waals surface area (Å²) < 4.78 is 0. The number of aromatic nitrogens is 1. The fourth-order valence-electron chi connectivity index (χ4n) is 3.67. The Balaban J connectivity index is 1.39. The van der Waals surface area contributed by atoms with E-state index in [0.717, 1.165) is 38.3 Å². The van der Waals surface area contributed by atoms with Gasteiger partial charge in [-0.05, 0) is 17.2 Å². The molecule has 2 fully saturated rings. The van der Waals surface area contributed by atoms with Gasteiger partial charge < -0.3 is 9.80 Å². The van der Waals surface area contributed by atoms with Gasteiger partial charge in [0, 0.05) is 51.7 Å². The summed E-state index contributed by atoms with van der Waals surface area (Å²) in [6.07, 6.45) is 3.60. The number of benzene rings is 1. The molecular formula is C19H22N4O. The number of hydrogen-bond donors (Lipinski definition) is 0. The highest BCUT2D eigenvalue weighted by Crippen LogP contribution is 2.23. The Bertz CT molecular complexity index is 691. The van der Waals surface area contributed by atoms with E-state index in [1.807, 2.05) is 34.2 Å². The molecule has 0 N–H and O–H groups in total. The second kappa shape index (κ2) is 6.61. The minimum absolute atomic E-state index is 0.170. The maximum Gasteiger partial charge on any atom is 0.320 e. The highest BCUT2D eigenvalue weighted by Gasteiger charge is 2.40. The smallest absolute Gasteiger partial charge is 0.318 e. The minimum atomic E-state index is 0.170. The van der Waals surface area contributed by atoms with Crippen LogP contribution in [0.15, 0.2) is 54.9 Å². The number of fused-ring (bicyclic) bond motifs is 1. The van der Waals surface area contributed by atoms with E-state index in [0.29, 0.717) is 12.6 Å². The van der Waals surface area contributed by atoms with Crippen LogP contribution in [0.2, 0.25) is 0 Å². The van der Waals surface area contributed by atoms with E-state index in [2.05, 4.69) is 34.1 Å². The molecule has 0 radical (unpaired) electrons.